The van der Waals surface area contributed by atoms with Gasteiger partial charge in [-0.3, -0.25) is 14.5 Å². The third-order valence-corrected chi connectivity index (χ3v) is 6.23. The number of pyridine rings is 2. The Bertz CT molecular complexity index is 1350. The van der Waals surface area contributed by atoms with E-state index in [1.165, 1.54) is 6.08 Å². The molecule has 1 saturated heterocycles. The zero-order valence-corrected chi connectivity index (χ0v) is 19.2. The summed E-state index contributed by atoms with van der Waals surface area (Å²) in [5, 5.41) is 6.10. The Morgan fingerprint density at radius 1 is 1.18 bits per heavy atom. The van der Waals surface area contributed by atoms with E-state index in [4.69, 9.17) is 27.2 Å². The van der Waals surface area contributed by atoms with Crippen molar-refractivity contribution in [3.05, 3.63) is 72.7 Å². The van der Waals surface area contributed by atoms with Crippen LogP contribution in [0, 0.1) is 0 Å². The molecule has 34 heavy (non-hydrogen) atoms. The lowest BCUT2D eigenvalue weighted by molar-refractivity contribution is -0.127. The van der Waals surface area contributed by atoms with Crippen molar-refractivity contribution >= 4 is 34.2 Å². The topological polar surface area (TPSA) is 99.2 Å². The van der Waals surface area contributed by atoms with Gasteiger partial charge in [-0.15, -0.1) is 0 Å². The average molecular weight is 475 g/mol. The number of halogens is 1. The fourth-order valence-electron chi connectivity index (χ4n) is 4.33. The second-order valence-corrected chi connectivity index (χ2v) is 8.51. The Morgan fingerprint density at radius 2 is 1.91 bits per heavy atom. The number of benzene rings is 1. The Labute approximate surface area is 201 Å². The van der Waals surface area contributed by atoms with E-state index in [1.807, 2.05) is 28.9 Å². The fraction of sp³-hybridized carbons (Fsp3) is 0.200. The summed E-state index contributed by atoms with van der Waals surface area (Å²) < 4.78 is 7.77. The summed E-state index contributed by atoms with van der Waals surface area (Å²) in [6.07, 6.45) is 7.98. The molecule has 1 aromatic carbocycles. The second-order valence-electron chi connectivity index (χ2n) is 8.10. The molecular formula is C25H23ClN6O2. The van der Waals surface area contributed by atoms with E-state index in [-0.39, 0.29) is 11.9 Å². The lowest BCUT2D eigenvalue weighted by atomic mass is 10.1. The summed E-state index contributed by atoms with van der Waals surface area (Å²) in [5.41, 5.74) is 8.57. The normalized spacial score (nSPS) is 15.9. The zero-order chi connectivity index (χ0) is 23.7. The van der Waals surface area contributed by atoms with Gasteiger partial charge in [-0.2, -0.15) is 5.10 Å². The van der Waals surface area contributed by atoms with E-state index in [0.717, 1.165) is 23.9 Å². The Morgan fingerprint density at radius 3 is 2.65 bits per heavy atom. The van der Waals surface area contributed by atoms with Gasteiger partial charge in [-0.1, -0.05) is 18.2 Å². The molecule has 8 nitrogen and oxygen atoms in total. The van der Waals surface area contributed by atoms with Crippen LogP contribution in [0.4, 0.5) is 5.82 Å². The van der Waals surface area contributed by atoms with Crippen LogP contribution in [0.5, 0.6) is 11.5 Å². The highest BCUT2D eigenvalue weighted by Gasteiger charge is 2.28. The number of likely N-dealkylation sites (tertiary alicyclic amines) is 1. The monoisotopic (exact) mass is 474 g/mol. The summed E-state index contributed by atoms with van der Waals surface area (Å²) in [6.45, 7) is 4.84. The van der Waals surface area contributed by atoms with Crippen molar-refractivity contribution in [3.8, 4) is 22.8 Å². The maximum atomic E-state index is 12.2. The minimum atomic E-state index is -0.0848. The maximum Gasteiger partial charge on any atom is 0.246 e. The minimum Gasteiger partial charge on any atom is -0.457 e. The summed E-state index contributed by atoms with van der Waals surface area (Å²) in [5.74, 6) is 1.66. The largest absolute Gasteiger partial charge is 0.457 e. The molecule has 0 radical (unpaired) electrons. The molecule has 1 aliphatic rings. The zero-order valence-electron chi connectivity index (χ0n) is 18.4. The minimum absolute atomic E-state index is 0.0394. The van der Waals surface area contributed by atoms with Crippen LogP contribution in [-0.4, -0.2) is 43.6 Å². The molecule has 4 heterocycles. The van der Waals surface area contributed by atoms with Crippen LogP contribution < -0.4 is 10.5 Å². The maximum absolute atomic E-state index is 12.2. The number of nitrogens with two attached hydrogens (primary N) is 1. The number of hydrogen-bond acceptors (Lipinski definition) is 6. The molecule has 1 amide bonds. The van der Waals surface area contributed by atoms with E-state index in [2.05, 4.69) is 16.5 Å². The molecule has 172 valence electrons. The molecule has 1 fully saturated rings. The van der Waals surface area contributed by atoms with Gasteiger partial charge in [0.15, 0.2) is 0 Å². The third-order valence-electron chi connectivity index (χ3n) is 5.95. The number of amides is 1. The van der Waals surface area contributed by atoms with Crippen molar-refractivity contribution in [1.29, 1.82) is 0 Å². The molecule has 0 aliphatic carbocycles. The van der Waals surface area contributed by atoms with E-state index in [9.17, 15) is 4.79 Å². The molecule has 0 unspecified atom stereocenters. The van der Waals surface area contributed by atoms with Gasteiger partial charge in [-0.25, -0.2) is 4.98 Å². The lowest BCUT2D eigenvalue weighted by Crippen LogP contribution is -2.40. The van der Waals surface area contributed by atoms with Gasteiger partial charge >= 0.3 is 0 Å². The van der Waals surface area contributed by atoms with Gasteiger partial charge < -0.3 is 15.4 Å². The van der Waals surface area contributed by atoms with E-state index >= 15 is 0 Å². The first-order valence-electron chi connectivity index (χ1n) is 11.0. The van der Waals surface area contributed by atoms with Crippen LogP contribution in [0.2, 0.25) is 5.02 Å². The highest BCUT2D eigenvalue weighted by Crippen LogP contribution is 2.38. The van der Waals surface area contributed by atoms with Gasteiger partial charge in [-0.05, 0) is 55.3 Å². The SMILES string of the molecule is C=CC(=O)N1CCC[C@@H](n2nc(-c3ccc(Oc4ccncc4)cc3)c3c(N)ncc(Cl)c32)C1. The lowest BCUT2D eigenvalue weighted by Gasteiger charge is -2.32. The van der Waals surface area contributed by atoms with Crippen LogP contribution in [0.1, 0.15) is 18.9 Å². The Hall–Kier alpha value is -3.91. The quantitative estimate of drug-likeness (QED) is 0.414. The molecule has 9 heteroatoms. The highest BCUT2D eigenvalue weighted by molar-refractivity contribution is 6.35. The molecule has 4 aromatic rings. The summed E-state index contributed by atoms with van der Waals surface area (Å²) >= 11 is 6.60. The number of nitrogen functional groups attached to an aromatic ring is 1. The summed E-state index contributed by atoms with van der Waals surface area (Å²) in [4.78, 5) is 22.3. The van der Waals surface area contributed by atoms with Gasteiger partial charge in [0.25, 0.3) is 0 Å². The molecule has 5 rings (SSSR count). The number of hydrogen-bond donors (Lipinski definition) is 1. The van der Waals surface area contributed by atoms with Crippen LogP contribution >= 0.6 is 11.6 Å². The van der Waals surface area contributed by atoms with Crippen molar-refractivity contribution in [1.82, 2.24) is 24.6 Å². The third kappa shape index (κ3) is 4.08. The van der Waals surface area contributed by atoms with Gasteiger partial charge in [0.1, 0.15) is 23.0 Å². The van der Waals surface area contributed by atoms with Gasteiger partial charge in [0.2, 0.25) is 5.91 Å². The van der Waals surface area contributed by atoms with Gasteiger partial charge in [0, 0.05) is 31.0 Å². The molecule has 1 aliphatic heterocycles. The first-order chi connectivity index (χ1) is 16.5. The number of aromatic nitrogens is 4. The number of fused-ring (bicyclic) bond motifs is 1. The summed E-state index contributed by atoms with van der Waals surface area (Å²) in [7, 11) is 0. The molecule has 0 bridgehead atoms. The number of carbonyl (C=O) groups excluding carboxylic acids is 1. The van der Waals surface area contributed by atoms with Crippen LogP contribution in [0.25, 0.3) is 22.2 Å². The molecule has 2 N–H and O–H groups in total. The fourth-order valence-corrected chi connectivity index (χ4v) is 4.56. The second kappa shape index (κ2) is 9.15. The van der Waals surface area contributed by atoms with Crippen molar-refractivity contribution < 1.29 is 9.53 Å². The Balaban J connectivity index is 1.54. The summed E-state index contributed by atoms with van der Waals surface area (Å²) in [6, 6.07) is 11.2. The van der Waals surface area contributed by atoms with Crippen LogP contribution in [0.15, 0.2) is 67.6 Å². The van der Waals surface area contributed by atoms with E-state index in [1.54, 1.807) is 35.6 Å². The van der Waals surface area contributed by atoms with Gasteiger partial charge in [0.05, 0.1) is 28.2 Å². The van der Waals surface area contributed by atoms with Crippen LogP contribution in [-0.2, 0) is 4.79 Å². The number of anilines is 1. The first-order valence-corrected chi connectivity index (χ1v) is 11.3. The molecular weight excluding hydrogens is 452 g/mol. The van der Waals surface area contributed by atoms with Crippen LogP contribution in [0.3, 0.4) is 0 Å². The smallest absolute Gasteiger partial charge is 0.246 e. The molecule has 0 spiro atoms. The van der Waals surface area contributed by atoms with Crippen molar-refractivity contribution in [2.24, 2.45) is 0 Å². The predicted molar refractivity (Wildman–Crippen MR) is 132 cm³/mol. The highest BCUT2D eigenvalue weighted by atomic mass is 35.5. The first kappa shape index (κ1) is 21.9. The van der Waals surface area contributed by atoms with E-state index in [0.29, 0.717) is 46.5 Å². The standard InChI is InChI=1S/C25H23ClN6O2/c1-2-21(33)31-13-3-4-17(15-31)32-24-20(26)14-29-25(27)22(24)23(30-32)16-5-7-18(8-6-16)34-19-9-11-28-12-10-19/h2,5-12,14,17H,1,3-4,13,15H2,(H2,27,29)/t17-/m1/s1. The number of carbonyl (C=O) groups is 1. The Kier molecular flexibility index (Phi) is 5.90. The van der Waals surface area contributed by atoms with Crippen molar-refractivity contribution in [2.75, 3.05) is 18.8 Å². The average Bonchev–Trinajstić information content (AvgIpc) is 3.29. The number of rotatable bonds is 5. The molecule has 0 saturated carbocycles. The number of piperidine rings is 1. The molecule has 3 aromatic heterocycles. The number of nitrogens with zero attached hydrogens (tertiary/aromatic N) is 5. The van der Waals surface area contributed by atoms with Crippen molar-refractivity contribution in [2.45, 2.75) is 18.9 Å². The predicted octanol–water partition coefficient (Wildman–Crippen LogP) is 4.87. The van der Waals surface area contributed by atoms with E-state index < -0.39 is 0 Å². The molecule has 1 atom stereocenters. The number of ether oxygens (including phenoxy) is 1. The van der Waals surface area contributed by atoms with Crippen molar-refractivity contribution in [3.63, 3.8) is 0 Å².